The number of amides is 4. The smallest absolute Gasteiger partial charge is 0.243 e. The number of nitrogens with two attached hydrogens (primary N) is 5. The maximum atomic E-state index is 13.6. The molecule has 0 radical (unpaired) electrons. The molecule has 5 unspecified atom stereocenters. The van der Waals surface area contributed by atoms with Crippen molar-refractivity contribution in [1.29, 1.82) is 0 Å². The molecule has 0 aliphatic rings. The summed E-state index contributed by atoms with van der Waals surface area (Å²) in [6, 6.07) is -4.24. The third-order valence-corrected chi connectivity index (χ3v) is 7.46. The van der Waals surface area contributed by atoms with Gasteiger partial charge in [-0.1, -0.05) is 27.7 Å². The summed E-state index contributed by atoms with van der Waals surface area (Å²) >= 11 is 0. The van der Waals surface area contributed by atoms with E-state index in [1.165, 1.54) is 0 Å². The molecule has 0 bridgehead atoms. The van der Waals surface area contributed by atoms with E-state index in [4.69, 9.17) is 28.7 Å². The minimum Gasteiger partial charge on any atom is -0.344 e. The molecule has 0 aromatic rings. The Kier molecular flexibility index (Phi) is 23.9. The van der Waals surface area contributed by atoms with Crippen molar-refractivity contribution in [3.05, 3.63) is 0 Å². The second kappa shape index (κ2) is 25.4. The Morgan fingerprint density at radius 2 is 0.696 bits per heavy atom. The second-order valence-corrected chi connectivity index (χ2v) is 12.3. The van der Waals surface area contributed by atoms with Gasteiger partial charge in [-0.05, 0) is 96.9 Å². The topological polar surface area (TPSA) is 276 Å². The molecule has 0 saturated heterocycles. The zero-order valence-electron chi connectivity index (χ0n) is 28.6. The van der Waals surface area contributed by atoms with Crippen LogP contribution in [0.4, 0.5) is 0 Å². The Bertz CT molecular complexity index is 905. The van der Waals surface area contributed by atoms with E-state index in [9.17, 15) is 24.0 Å². The molecule has 0 spiro atoms. The fraction of sp³-hybridized carbons (Fsp3) is 0.839. The third-order valence-electron chi connectivity index (χ3n) is 7.46. The van der Waals surface area contributed by atoms with E-state index >= 15 is 0 Å². The highest BCUT2D eigenvalue weighted by Crippen LogP contribution is 2.09. The van der Waals surface area contributed by atoms with Crippen molar-refractivity contribution in [2.45, 2.75) is 128 Å². The molecule has 268 valence electrons. The van der Waals surface area contributed by atoms with Crippen molar-refractivity contribution < 1.29 is 24.0 Å². The largest absolute Gasteiger partial charge is 0.344 e. The van der Waals surface area contributed by atoms with Crippen LogP contribution in [0.5, 0.6) is 0 Å². The molecular weight excluding hydrogens is 592 g/mol. The van der Waals surface area contributed by atoms with Crippen molar-refractivity contribution >= 4 is 29.4 Å². The first kappa shape index (κ1) is 43.3. The van der Waals surface area contributed by atoms with Gasteiger partial charge in [0.2, 0.25) is 23.6 Å². The Labute approximate surface area is 275 Å². The molecule has 0 rings (SSSR count). The lowest BCUT2D eigenvalue weighted by Crippen LogP contribution is -2.59. The van der Waals surface area contributed by atoms with E-state index in [0.29, 0.717) is 64.6 Å². The van der Waals surface area contributed by atoms with E-state index in [1.54, 1.807) is 13.8 Å². The van der Waals surface area contributed by atoms with E-state index in [0.717, 1.165) is 0 Å². The molecule has 0 aliphatic heterocycles. The monoisotopic (exact) mass is 657 g/mol. The number of carbonyl (C=O) groups is 5. The maximum absolute atomic E-state index is 13.6. The average Bonchev–Trinajstić information content (AvgIpc) is 3.02. The molecule has 15 nitrogen and oxygen atoms in total. The summed E-state index contributed by atoms with van der Waals surface area (Å²) in [5.74, 6) is -2.43. The summed E-state index contributed by atoms with van der Waals surface area (Å²) in [5.41, 5.74) is 28.4. The van der Waals surface area contributed by atoms with Crippen LogP contribution in [0.15, 0.2) is 0 Å². The summed E-state index contributed by atoms with van der Waals surface area (Å²) < 4.78 is 0. The molecule has 0 saturated carbocycles. The Morgan fingerprint density at radius 1 is 0.435 bits per heavy atom. The lowest BCUT2D eigenvalue weighted by atomic mass is 9.97. The van der Waals surface area contributed by atoms with Gasteiger partial charge in [-0.25, -0.2) is 0 Å². The first-order valence-electron chi connectivity index (χ1n) is 16.9. The molecule has 46 heavy (non-hydrogen) atoms. The lowest BCUT2D eigenvalue weighted by molar-refractivity contribution is -0.135. The molecule has 0 aromatic heterocycles. The highest BCUT2D eigenvalue weighted by molar-refractivity contribution is 5.96. The Morgan fingerprint density at radius 3 is 0.978 bits per heavy atom. The Balaban J connectivity index is 5.96. The van der Waals surface area contributed by atoms with Gasteiger partial charge in [-0.3, -0.25) is 24.0 Å². The molecule has 0 aliphatic carbocycles. The summed E-state index contributed by atoms with van der Waals surface area (Å²) in [5, 5.41) is 14.3. The predicted molar refractivity (Wildman–Crippen MR) is 181 cm³/mol. The van der Waals surface area contributed by atoms with Crippen LogP contribution < -0.4 is 55.3 Å². The van der Waals surface area contributed by atoms with E-state index in [1.807, 2.05) is 13.8 Å². The third kappa shape index (κ3) is 17.9. The maximum Gasteiger partial charge on any atom is 0.243 e. The van der Waals surface area contributed by atoms with Gasteiger partial charge < -0.3 is 55.3 Å². The van der Waals surface area contributed by atoms with Crippen LogP contribution in [0.3, 0.4) is 0 Å². The van der Waals surface area contributed by atoms with Gasteiger partial charge in [-0.15, -0.1) is 0 Å². The normalized spacial score (nSPS) is 14.7. The quantitative estimate of drug-likeness (QED) is 0.0471. The highest BCUT2D eigenvalue weighted by Gasteiger charge is 2.32. The first-order valence-corrected chi connectivity index (χ1v) is 16.9. The van der Waals surface area contributed by atoms with Crippen molar-refractivity contribution in [3.63, 3.8) is 0 Å². The fourth-order valence-electron chi connectivity index (χ4n) is 4.89. The molecule has 0 heterocycles. The standard InChI is InChI=1S/C31H64N10O5/c1-20(2)27(42)22(10-5-15-32)38-29(44)24(12-7-17-34)40-31(46)26(14-9-19-36)41-30(45)25(13-8-18-35)39-28(43)23(11-6-16-33)37-21(3)4/h20-26,37H,5-19,32-36H2,1-4H3,(H,38,44)(H,39,43)(H,40,46)(H,41,45). The number of carbonyl (C=O) groups excluding carboxylic acids is 5. The molecular formula is C31H64N10O5. The molecule has 15 heteroatoms. The van der Waals surface area contributed by atoms with Gasteiger partial charge in [0.05, 0.1) is 12.1 Å². The highest BCUT2D eigenvalue weighted by atomic mass is 16.2. The number of hydrogen-bond acceptors (Lipinski definition) is 11. The van der Waals surface area contributed by atoms with Crippen molar-refractivity contribution in [2.75, 3.05) is 32.7 Å². The molecule has 4 amide bonds. The van der Waals surface area contributed by atoms with Gasteiger partial charge in [0.25, 0.3) is 0 Å². The second-order valence-electron chi connectivity index (χ2n) is 12.3. The van der Waals surface area contributed by atoms with E-state index in [2.05, 4.69) is 26.6 Å². The van der Waals surface area contributed by atoms with E-state index in [-0.39, 0.29) is 56.0 Å². The van der Waals surface area contributed by atoms with Crippen LogP contribution in [0, 0.1) is 5.92 Å². The van der Waals surface area contributed by atoms with Crippen LogP contribution in [-0.4, -0.2) is 98.4 Å². The van der Waals surface area contributed by atoms with Crippen molar-refractivity contribution in [3.8, 4) is 0 Å². The van der Waals surface area contributed by atoms with Gasteiger partial charge in [0.15, 0.2) is 5.78 Å². The van der Waals surface area contributed by atoms with Crippen molar-refractivity contribution in [2.24, 2.45) is 34.6 Å². The SMILES string of the molecule is CC(C)NC(CCCN)C(=O)NC(CCCN)C(=O)NC(CCCN)C(=O)NC(CCCN)C(=O)NC(CCCN)C(=O)C(C)C. The number of rotatable bonds is 27. The molecule has 0 aromatic carbocycles. The summed E-state index contributed by atoms with van der Waals surface area (Å²) in [4.78, 5) is 66.5. The number of nitrogens with one attached hydrogen (secondary N) is 5. The number of Topliss-reactive ketones (excluding diaryl/α,β-unsaturated/α-hetero) is 1. The minimum absolute atomic E-state index is 0.0260. The molecule has 0 fully saturated rings. The summed E-state index contributed by atoms with van der Waals surface area (Å²) in [6.45, 7) is 9.01. The van der Waals surface area contributed by atoms with Crippen LogP contribution >= 0.6 is 0 Å². The van der Waals surface area contributed by atoms with Crippen LogP contribution in [0.1, 0.15) is 91.9 Å². The summed E-state index contributed by atoms with van der Waals surface area (Å²) in [7, 11) is 0. The minimum atomic E-state index is -1.03. The summed E-state index contributed by atoms with van der Waals surface area (Å²) in [6.07, 6.45) is 4.05. The predicted octanol–water partition coefficient (Wildman–Crippen LogP) is -1.79. The number of ketones is 1. The molecule has 15 N–H and O–H groups in total. The van der Waals surface area contributed by atoms with Gasteiger partial charge >= 0.3 is 0 Å². The average molecular weight is 657 g/mol. The van der Waals surface area contributed by atoms with E-state index < -0.39 is 47.9 Å². The fourth-order valence-corrected chi connectivity index (χ4v) is 4.89. The lowest BCUT2D eigenvalue weighted by Gasteiger charge is -2.28. The van der Waals surface area contributed by atoms with Gasteiger partial charge in [-0.2, -0.15) is 0 Å². The van der Waals surface area contributed by atoms with Crippen LogP contribution in [-0.2, 0) is 24.0 Å². The first-order chi connectivity index (χ1) is 21.9. The van der Waals surface area contributed by atoms with Gasteiger partial charge in [0, 0.05) is 12.0 Å². The van der Waals surface area contributed by atoms with Gasteiger partial charge in [0.1, 0.15) is 18.1 Å². The van der Waals surface area contributed by atoms with Crippen molar-refractivity contribution in [1.82, 2.24) is 26.6 Å². The zero-order chi connectivity index (χ0) is 35.1. The number of hydrogen-bond donors (Lipinski definition) is 10. The zero-order valence-corrected chi connectivity index (χ0v) is 28.6. The van der Waals surface area contributed by atoms with Crippen LogP contribution in [0.25, 0.3) is 0 Å². The molecule has 5 atom stereocenters. The Hall–Kier alpha value is -2.69. The van der Waals surface area contributed by atoms with Crippen LogP contribution in [0.2, 0.25) is 0 Å².